The third kappa shape index (κ3) is 5.64. The summed E-state index contributed by atoms with van der Waals surface area (Å²) in [4.78, 5) is 25.7. The molecule has 1 aliphatic rings. The van der Waals surface area contributed by atoms with Crippen molar-refractivity contribution in [2.75, 3.05) is 26.7 Å². The standard InChI is InChI=1S/C21H25N3O4/c1-24(14-17-15-27-18-9-5-6-10-19(18)28-17)20(25)11-12-22-21(26)23-13-16-7-3-2-4-8-16/h2-10,17H,11-15H2,1H3,(H2,22,23,26)/t17-/m1/s1. The van der Waals surface area contributed by atoms with Crippen molar-refractivity contribution in [3.8, 4) is 11.5 Å². The first-order valence-corrected chi connectivity index (χ1v) is 9.30. The number of fused-ring (bicyclic) bond motifs is 1. The van der Waals surface area contributed by atoms with Gasteiger partial charge in [0.05, 0.1) is 6.54 Å². The van der Waals surface area contributed by atoms with Crippen LogP contribution in [-0.2, 0) is 11.3 Å². The summed E-state index contributed by atoms with van der Waals surface area (Å²) < 4.78 is 11.5. The van der Waals surface area contributed by atoms with Crippen LogP contribution >= 0.6 is 0 Å². The maximum atomic E-state index is 12.3. The maximum Gasteiger partial charge on any atom is 0.315 e. The Morgan fingerprint density at radius 3 is 2.54 bits per heavy atom. The van der Waals surface area contributed by atoms with Crippen LogP contribution in [0.1, 0.15) is 12.0 Å². The summed E-state index contributed by atoms with van der Waals surface area (Å²) in [6, 6.07) is 16.8. The van der Waals surface area contributed by atoms with Crippen molar-refractivity contribution < 1.29 is 19.1 Å². The minimum atomic E-state index is -0.292. The first-order valence-electron chi connectivity index (χ1n) is 9.30. The largest absolute Gasteiger partial charge is 0.486 e. The second-order valence-electron chi connectivity index (χ2n) is 6.62. The summed E-state index contributed by atoms with van der Waals surface area (Å²) in [6.07, 6.45) is 0.00496. The third-order valence-corrected chi connectivity index (χ3v) is 4.39. The summed E-state index contributed by atoms with van der Waals surface area (Å²) in [7, 11) is 1.72. The van der Waals surface area contributed by atoms with Gasteiger partial charge in [0.25, 0.3) is 0 Å². The van der Waals surface area contributed by atoms with Crippen molar-refractivity contribution in [2.24, 2.45) is 0 Å². The Balaban J connectivity index is 1.34. The Hall–Kier alpha value is -3.22. The summed E-state index contributed by atoms with van der Waals surface area (Å²) in [5, 5.41) is 5.47. The van der Waals surface area contributed by atoms with Gasteiger partial charge >= 0.3 is 6.03 Å². The van der Waals surface area contributed by atoms with Gasteiger partial charge in [0.1, 0.15) is 6.61 Å². The van der Waals surface area contributed by atoms with Crippen molar-refractivity contribution in [1.82, 2.24) is 15.5 Å². The van der Waals surface area contributed by atoms with Gasteiger partial charge in [-0.15, -0.1) is 0 Å². The van der Waals surface area contributed by atoms with Crippen molar-refractivity contribution in [1.29, 1.82) is 0 Å². The quantitative estimate of drug-likeness (QED) is 0.768. The molecule has 1 heterocycles. The van der Waals surface area contributed by atoms with Crippen LogP contribution in [0.3, 0.4) is 0 Å². The van der Waals surface area contributed by atoms with Crippen LogP contribution in [0.2, 0.25) is 0 Å². The summed E-state index contributed by atoms with van der Waals surface area (Å²) in [5.74, 6) is 1.35. The number of hydrogen-bond donors (Lipinski definition) is 2. The SMILES string of the molecule is CN(C[C@@H]1COc2ccccc2O1)C(=O)CCNC(=O)NCc1ccccc1. The highest BCUT2D eigenvalue weighted by Crippen LogP contribution is 2.30. The number of urea groups is 1. The summed E-state index contributed by atoms with van der Waals surface area (Å²) in [5.41, 5.74) is 1.02. The minimum Gasteiger partial charge on any atom is -0.486 e. The monoisotopic (exact) mass is 383 g/mol. The second-order valence-corrected chi connectivity index (χ2v) is 6.62. The Bertz CT molecular complexity index is 797. The van der Waals surface area contributed by atoms with E-state index in [0.29, 0.717) is 25.4 Å². The molecule has 7 heteroatoms. The molecule has 2 aromatic carbocycles. The van der Waals surface area contributed by atoms with Gasteiger partial charge in [0.15, 0.2) is 17.6 Å². The third-order valence-electron chi connectivity index (χ3n) is 4.39. The van der Waals surface area contributed by atoms with E-state index in [1.54, 1.807) is 11.9 Å². The lowest BCUT2D eigenvalue weighted by molar-refractivity contribution is -0.131. The lowest BCUT2D eigenvalue weighted by Crippen LogP contribution is -2.43. The van der Waals surface area contributed by atoms with E-state index in [1.807, 2.05) is 54.6 Å². The van der Waals surface area contributed by atoms with Crippen molar-refractivity contribution in [3.63, 3.8) is 0 Å². The van der Waals surface area contributed by atoms with Crippen LogP contribution in [0.25, 0.3) is 0 Å². The van der Waals surface area contributed by atoms with Gasteiger partial charge in [-0.05, 0) is 17.7 Å². The molecule has 1 atom stereocenters. The molecule has 28 heavy (non-hydrogen) atoms. The van der Waals surface area contributed by atoms with Crippen LogP contribution in [0, 0.1) is 0 Å². The zero-order chi connectivity index (χ0) is 19.8. The number of para-hydroxylation sites is 2. The Morgan fingerprint density at radius 2 is 1.75 bits per heavy atom. The Kier molecular flexibility index (Phi) is 6.73. The van der Waals surface area contributed by atoms with Crippen LogP contribution in [0.5, 0.6) is 11.5 Å². The zero-order valence-corrected chi connectivity index (χ0v) is 15.9. The summed E-state index contributed by atoms with van der Waals surface area (Å²) in [6.45, 7) is 1.54. The highest BCUT2D eigenvalue weighted by atomic mass is 16.6. The number of carbonyl (C=O) groups is 2. The fourth-order valence-electron chi connectivity index (χ4n) is 2.87. The second kappa shape index (κ2) is 9.64. The lowest BCUT2D eigenvalue weighted by Gasteiger charge is -2.29. The molecule has 0 bridgehead atoms. The first kappa shape index (κ1) is 19.5. The molecule has 0 saturated carbocycles. The molecule has 2 N–H and O–H groups in total. The predicted octanol–water partition coefficient (Wildman–Crippen LogP) is 2.17. The number of hydrogen-bond acceptors (Lipinski definition) is 4. The molecule has 0 saturated heterocycles. The van der Waals surface area contributed by atoms with Gasteiger partial charge in [0.2, 0.25) is 5.91 Å². The molecule has 148 valence electrons. The number of amides is 3. The molecule has 0 spiro atoms. The molecule has 0 radical (unpaired) electrons. The highest BCUT2D eigenvalue weighted by Gasteiger charge is 2.23. The van der Waals surface area contributed by atoms with Crippen molar-refractivity contribution >= 4 is 11.9 Å². The molecule has 3 amide bonds. The van der Waals surface area contributed by atoms with E-state index < -0.39 is 0 Å². The first-order chi connectivity index (χ1) is 13.6. The zero-order valence-electron chi connectivity index (χ0n) is 15.9. The van der Waals surface area contributed by atoms with Gasteiger partial charge in [0, 0.05) is 26.6 Å². The van der Waals surface area contributed by atoms with Gasteiger partial charge in [-0.2, -0.15) is 0 Å². The number of carbonyl (C=O) groups excluding carboxylic acids is 2. The Morgan fingerprint density at radius 1 is 1.04 bits per heavy atom. The topological polar surface area (TPSA) is 79.9 Å². The fraction of sp³-hybridized carbons (Fsp3) is 0.333. The molecule has 1 aliphatic heterocycles. The fourth-order valence-corrected chi connectivity index (χ4v) is 2.87. The lowest BCUT2D eigenvalue weighted by atomic mass is 10.2. The van der Waals surface area contributed by atoms with Crippen molar-refractivity contribution in [3.05, 3.63) is 60.2 Å². The van der Waals surface area contributed by atoms with E-state index in [0.717, 1.165) is 11.3 Å². The van der Waals surface area contributed by atoms with Crippen LogP contribution in [0.4, 0.5) is 4.79 Å². The minimum absolute atomic E-state index is 0.0641. The number of likely N-dealkylation sites (N-methyl/N-ethyl adjacent to an activating group) is 1. The molecular weight excluding hydrogens is 358 g/mol. The molecule has 0 aliphatic carbocycles. The van der Waals surface area contributed by atoms with E-state index in [4.69, 9.17) is 9.47 Å². The number of ether oxygens (including phenoxy) is 2. The molecule has 0 unspecified atom stereocenters. The average Bonchev–Trinajstić information content (AvgIpc) is 2.73. The number of rotatable bonds is 7. The normalized spacial score (nSPS) is 14.8. The molecule has 0 fully saturated rings. The molecule has 0 aromatic heterocycles. The van der Waals surface area contributed by atoms with E-state index in [2.05, 4.69) is 10.6 Å². The van der Waals surface area contributed by atoms with Crippen molar-refractivity contribution in [2.45, 2.75) is 19.1 Å². The van der Waals surface area contributed by atoms with E-state index >= 15 is 0 Å². The van der Waals surface area contributed by atoms with Gasteiger partial charge in [-0.3, -0.25) is 4.79 Å². The predicted molar refractivity (Wildman–Crippen MR) is 105 cm³/mol. The number of nitrogens with zero attached hydrogens (tertiary/aromatic N) is 1. The number of nitrogens with one attached hydrogen (secondary N) is 2. The van der Waals surface area contributed by atoms with E-state index in [-0.39, 0.29) is 31.0 Å². The van der Waals surface area contributed by atoms with Gasteiger partial charge in [-0.25, -0.2) is 4.79 Å². The maximum absolute atomic E-state index is 12.3. The van der Waals surface area contributed by atoms with Crippen LogP contribution in [-0.4, -0.2) is 49.7 Å². The number of benzene rings is 2. The Labute approximate surface area is 164 Å². The van der Waals surface area contributed by atoms with Crippen LogP contribution < -0.4 is 20.1 Å². The molecule has 7 nitrogen and oxygen atoms in total. The molecular formula is C21H25N3O4. The van der Waals surface area contributed by atoms with Gasteiger partial charge < -0.3 is 25.0 Å². The van der Waals surface area contributed by atoms with E-state index in [1.165, 1.54) is 0 Å². The van der Waals surface area contributed by atoms with E-state index in [9.17, 15) is 9.59 Å². The molecule has 2 aromatic rings. The highest BCUT2D eigenvalue weighted by molar-refractivity contribution is 5.78. The smallest absolute Gasteiger partial charge is 0.315 e. The average molecular weight is 383 g/mol. The summed E-state index contributed by atoms with van der Waals surface area (Å²) >= 11 is 0. The van der Waals surface area contributed by atoms with Crippen LogP contribution in [0.15, 0.2) is 54.6 Å². The molecule has 3 rings (SSSR count). The van der Waals surface area contributed by atoms with Gasteiger partial charge in [-0.1, -0.05) is 42.5 Å².